The fourth-order valence-corrected chi connectivity index (χ4v) is 2.58. The summed E-state index contributed by atoms with van der Waals surface area (Å²) in [4.78, 5) is 0. The molecule has 1 rings (SSSR count). The molecule has 0 heterocycles. The SMILES string of the molecule is Cc1cc(C)c(C(C)NC(C)C(C)(C)C)c(C)c1. The van der Waals surface area contributed by atoms with Crippen molar-refractivity contribution >= 4 is 0 Å². The van der Waals surface area contributed by atoms with Crippen molar-refractivity contribution in [3.05, 3.63) is 34.4 Å². The van der Waals surface area contributed by atoms with Gasteiger partial charge in [0.2, 0.25) is 0 Å². The highest BCUT2D eigenvalue weighted by atomic mass is 15.0. The lowest BCUT2D eigenvalue weighted by Crippen LogP contribution is -2.39. The maximum Gasteiger partial charge on any atom is 0.0299 e. The molecule has 0 aliphatic rings. The van der Waals surface area contributed by atoms with Gasteiger partial charge in [-0.25, -0.2) is 0 Å². The number of rotatable bonds is 3. The minimum atomic E-state index is 0.292. The van der Waals surface area contributed by atoms with Gasteiger partial charge in [-0.15, -0.1) is 0 Å². The minimum absolute atomic E-state index is 0.292. The second-order valence-electron chi connectivity index (χ2n) is 6.79. The number of hydrogen-bond donors (Lipinski definition) is 1. The third-order valence-corrected chi connectivity index (χ3v) is 3.97. The van der Waals surface area contributed by atoms with E-state index in [2.05, 4.69) is 72.8 Å². The predicted octanol–water partition coefficient (Wildman–Crippen LogP) is 4.70. The van der Waals surface area contributed by atoms with Gasteiger partial charge in [0.05, 0.1) is 0 Å². The average molecular weight is 247 g/mol. The summed E-state index contributed by atoms with van der Waals surface area (Å²) in [6.45, 7) is 18.0. The zero-order chi connectivity index (χ0) is 14.1. The Morgan fingerprint density at radius 1 is 0.944 bits per heavy atom. The molecule has 1 heteroatoms. The van der Waals surface area contributed by atoms with Crippen LogP contribution in [-0.4, -0.2) is 6.04 Å². The van der Waals surface area contributed by atoms with Gasteiger partial charge in [0.15, 0.2) is 0 Å². The van der Waals surface area contributed by atoms with Crippen LogP contribution in [0.4, 0.5) is 0 Å². The van der Waals surface area contributed by atoms with Crippen LogP contribution in [0.1, 0.15) is 62.9 Å². The smallest absolute Gasteiger partial charge is 0.0299 e. The Morgan fingerprint density at radius 2 is 1.39 bits per heavy atom. The van der Waals surface area contributed by atoms with E-state index in [1.807, 2.05) is 0 Å². The van der Waals surface area contributed by atoms with Crippen LogP contribution in [0.2, 0.25) is 0 Å². The van der Waals surface area contributed by atoms with Crippen LogP contribution in [0.3, 0.4) is 0 Å². The first-order valence-electron chi connectivity index (χ1n) is 6.96. The molecule has 0 aromatic heterocycles. The van der Waals surface area contributed by atoms with Gasteiger partial charge in [0, 0.05) is 12.1 Å². The Bertz CT molecular complexity index is 389. The van der Waals surface area contributed by atoms with Gasteiger partial charge in [0.25, 0.3) is 0 Å². The molecule has 0 aliphatic heterocycles. The molecule has 1 N–H and O–H groups in total. The van der Waals surface area contributed by atoms with E-state index in [-0.39, 0.29) is 0 Å². The van der Waals surface area contributed by atoms with Crippen LogP contribution < -0.4 is 5.32 Å². The molecule has 1 aromatic rings. The number of nitrogens with one attached hydrogen (secondary N) is 1. The average Bonchev–Trinajstić information content (AvgIpc) is 2.13. The highest BCUT2D eigenvalue weighted by molar-refractivity contribution is 5.39. The summed E-state index contributed by atoms with van der Waals surface area (Å²) < 4.78 is 0. The van der Waals surface area contributed by atoms with E-state index in [4.69, 9.17) is 0 Å². The van der Waals surface area contributed by atoms with E-state index in [0.717, 1.165) is 0 Å². The topological polar surface area (TPSA) is 12.0 Å². The number of hydrogen-bond acceptors (Lipinski definition) is 1. The van der Waals surface area contributed by atoms with Crippen molar-refractivity contribution in [2.24, 2.45) is 5.41 Å². The van der Waals surface area contributed by atoms with Gasteiger partial charge in [-0.05, 0) is 56.7 Å². The molecule has 0 bridgehead atoms. The summed E-state index contributed by atoms with van der Waals surface area (Å²) in [5, 5.41) is 3.74. The second-order valence-corrected chi connectivity index (χ2v) is 6.79. The first-order chi connectivity index (χ1) is 8.12. The summed E-state index contributed by atoms with van der Waals surface area (Å²) in [6.07, 6.45) is 0. The molecular formula is C17H29N. The van der Waals surface area contributed by atoms with E-state index >= 15 is 0 Å². The molecule has 0 saturated carbocycles. The van der Waals surface area contributed by atoms with Crippen LogP contribution in [0, 0.1) is 26.2 Å². The third kappa shape index (κ3) is 3.58. The van der Waals surface area contributed by atoms with Crippen molar-refractivity contribution in [2.45, 2.75) is 67.5 Å². The van der Waals surface area contributed by atoms with Crippen molar-refractivity contribution in [1.29, 1.82) is 0 Å². The van der Waals surface area contributed by atoms with Gasteiger partial charge < -0.3 is 5.32 Å². The lowest BCUT2D eigenvalue weighted by Gasteiger charge is -2.32. The first-order valence-corrected chi connectivity index (χ1v) is 6.96. The molecule has 0 aliphatic carbocycles. The summed E-state index contributed by atoms with van der Waals surface area (Å²) >= 11 is 0. The Labute approximate surface area is 113 Å². The van der Waals surface area contributed by atoms with Crippen LogP contribution in [0.15, 0.2) is 12.1 Å². The van der Waals surface area contributed by atoms with Gasteiger partial charge in [-0.3, -0.25) is 0 Å². The molecule has 102 valence electrons. The van der Waals surface area contributed by atoms with Crippen molar-refractivity contribution in [3.8, 4) is 0 Å². The Kier molecular flexibility index (Phi) is 4.61. The molecule has 0 amide bonds. The van der Waals surface area contributed by atoms with Gasteiger partial charge >= 0.3 is 0 Å². The Balaban J connectivity index is 2.95. The Morgan fingerprint density at radius 3 is 1.78 bits per heavy atom. The van der Waals surface area contributed by atoms with Crippen molar-refractivity contribution in [1.82, 2.24) is 5.32 Å². The van der Waals surface area contributed by atoms with Gasteiger partial charge in [-0.2, -0.15) is 0 Å². The molecule has 1 aromatic carbocycles. The maximum absolute atomic E-state index is 3.74. The van der Waals surface area contributed by atoms with E-state index in [1.165, 1.54) is 22.3 Å². The predicted molar refractivity (Wildman–Crippen MR) is 81.1 cm³/mol. The molecule has 2 atom stereocenters. The Hall–Kier alpha value is -0.820. The molecule has 2 unspecified atom stereocenters. The molecule has 0 radical (unpaired) electrons. The van der Waals surface area contributed by atoms with Crippen molar-refractivity contribution in [3.63, 3.8) is 0 Å². The van der Waals surface area contributed by atoms with E-state index < -0.39 is 0 Å². The third-order valence-electron chi connectivity index (χ3n) is 3.97. The minimum Gasteiger partial charge on any atom is -0.307 e. The molecule has 1 nitrogen and oxygen atoms in total. The van der Waals surface area contributed by atoms with E-state index in [9.17, 15) is 0 Å². The number of aryl methyl sites for hydroxylation is 3. The quantitative estimate of drug-likeness (QED) is 0.816. The highest BCUT2D eigenvalue weighted by Crippen LogP contribution is 2.26. The molecule has 0 spiro atoms. The number of benzene rings is 1. The highest BCUT2D eigenvalue weighted by Gasteiger charge is 2.22. The summed E-state index contributed by atoms with van der Waals surface area (Å²) in [5.41, 5.74) is 5.89. The van der Waals surface area contributed by atoms with E-state index in [0.29, 0.717) is 17.5 Å². The lowest BCUT2D eigenvalue weighted by molar-refractivity contribution is 0.268. The van der Waals surface area contributed by atoms with Crippen LogP contribution >= 0.6 is 0 Å². The summed E-state index contributed by atoms with van der Waals surface area (Å²) in [5.74, 6) is 0. The van der Waals surface area contributed by atoms with E-state index in [1.54, 1.807) is 0 Å². The fourth-order valence-electron chi connectivity index (χ4n) is 2.58. The maximum atomic E-state index is 3.74. The van der Waals surface area contributed by atoms with Gasteiger partial charge in [0.1, 0.15) is 0 Å². The van der Waals surface area contributed by atoms with Crippen molar-refractivity contribution in [2.75, 3.05) is 0 Å². The van der Waals surface area contributed by atoms with Crippen LogP contribution in [0.5, 0.6) is 0 Å². The fraction of sp³-hybridized carbons (Fsp3) is 0.647. The van der Waals surface area contributed by atoms with Gasteiger partial charge in [-0.1, -0.05) is 38.5 Å². The monoisotopic (exact) mass is 247 g/mol. The molecule has 18 heavy (non-hydrogen) atoms. The molecule has 0 saturated heterocycles. The largest absolute Gasteiger partial charge is 0.307 e. The normalized spacial score (nSPS) is 15.6. The lowest BCUT2D eigenvalue weighted by atomic mass is 9.86. The second kappa shape index (κ2) is 5.44. The van der Waals surface area contributed by atoms with Crippen molar-refractivity contribution < 1.29 is 0 Å². The van der Waals surface area contributed by atoms with Crippen LogP contribution in [0.25, 0.3) is 0 Å². The van der Waals surface area contributed by atoms with Crippen LogP contribution in [-0.2, 0) is 0 Å². The zero-order valence-electron chi connectivity index (χ0n) is 13.3. The molecule has 0 fully saturated rings. The summed E-state index contributed by atoms with van der Waals surface area (Å²) in [7, 11) is 0. The zero-order valence-corrected chi connectivity index (χ0v) is 13.3. The standard InChI is InChI=1S/C17H29N/c1-11-9-12(2)16(13(3)10-11)14(4)18-15(5)17(6,7)8/h9-10,14-15,18H,1-8H3. The first kappa shape index (κ1) is 15.2. The molecular weight excluding hydrogens is 218 g/mol. The summed E-state index contributed by atoms with van der Waals surface area (Å²) in [6, 6.07) is 5.46.